The Kier molecular flexibility index (Phi) is 5.41. The van der Waals surface area contributed by atoms with E-state index in [9.17, 15) is 4.79 Å². The number of carbonyl (C=O) groups is 1. The summed E-state index contributed by atoms with van der Waals surface area (Å²) in [6.07, 6.45) is 2.50. The average molecular weight is 428 g/mol. The molecule has 7 heteroatoms. The molecule has 2 heterocycles. The number of thioether (sulfide) groups is 1. The summed E-state index contributed by atoms with van der Waals surface area (Å²) < 4.78 is 0. The Balaban J connectivity index is 1.30. The SMILES string of the molecule is O=C(Nc1ccccc1N1CCc2ccccc21)c1ccc(CSc2ncn[nH]2)cc1. The standard InChI is InChI=1S/C24H21N5OS/c30-23(19-11-9-17(10-12-19)15-31-24-25-16-26-28-24)27-20-6-2-4-8-22(20)29-14-13-18-5-1-3-7-21(18)29/h1-12,16H,13-15H2,(H,27,30)(H,25,26,28). The van der Waals surface area contributed by atoms with Crippen molar-refractivity contribution in [3.05, 3.63) is 95.8 Å². The summed E-state index contributed by atoms with van der Waals surface area (Å²) in [6, 6.07) is 24.1. The van der Waals surface area contributed by atoms with Crippen LogP contribution in [-0.4, -0.2) is 27.6 Å². The summed E-state index contributed by atoms with van der Waals surface area (Å²) in [4.78, 5) is 19.3. The Hall–Kier alpha value is -3.58. The molecule has 2 N–H and O–H groups in total. The van der Waals surface area contributed by atoms with Crippen LogP contribution in [0.25, 0.3) is 0 Å². The van der Waals surface area contributed by atoms with Crippen molar-refractivity contribution in [3.63, 3.8) is 0 Å². The molecule has 0 saturated carbocycles. The van der Waals surface area contributed by atoms with Gasteiger partial charge in [-0.25, -0.2) is 4.98 Å². The molecule has 4 aromatic rings. The number of anilines is 3. The topological polar surface area (TPSA) is 73.9 Å². The third-order valence-corrected chi connectivity index (χ3v) is 6.26. The third-order valence-electron chi connectivity index (χ3n) is 5.31. The summed E-state index contributed by atoms with van der Waals surface area (Å²) in [5.41, 5.74) is 6.12. The number of H-pyrrole nitrogens is 1. The molecule has 0 aliphatic carbocycles. The largest absolute Gasteiger partial charge is 0.339 e. The monoisotopic (exact) mass is 427 g/mol. The lowest BCUT2D eigenvalue weighted by atomic mass is 10.1. The first-order valence-corrected chi connectivity index (χ1v) is 11.1. The molecule has 0 unspecified atom stereocenters. The summed E-state index contributed by atoms with van der Waals surface area (Å²) >= 11 is 1.57. The molecule has 1 aromatic heterocycles. The van der Waals surface area contributed by atoms with E-state index in [4.69, 9.17) is 0 Å². The normalized spacial score (nSPS) is 12.6. The second-order valence-electron chi connectivity index (χ2n) is 7.28. The van der Waals surface area contributed by atoms with Crippen LogP contribution >= 0.6 is 11.8 Å². The molecule has 0 saturated heterocycles. The van der Waals surface area contributed by atoms with Gasteiger partial charge in [-0.15, -0.1) is 0 Å². The van der Waals surface area contributed by atoms with E-state index in [0.717, 1.165) is 40.8 Å². The minimum atomic E-state index is -0.116. The van der Waals surface area contributed by atoms with Crippen molar-refractivity contribution in [2.75, 3.05) is 16.8 Å². The summed E-state index contributed by atoms with van der Waals surface area (Å²) in [5, 5.41) is 10.6. The molecular weight excluding hydrogens is 406 g/mol. The smallest absolute Gasteiger partial charge is 0.255 e. The van der Waals surface area contributed by atoms with Crippen LogP contribution in [0, 0.1) is 0 Å². The van der Waals surface area contributed by atoms with Crippen LogP contribution in [0.1, 0.15) is 21.5 Å². The van der Waals surface area contributed by atoms with E-state index >= 15 is 0 Å². The van der Waals surface area contributed by atoms with Gasteiger partial charge in [-0.3, -0.25) is 9.89 Å². The summed E-state index contributed by atoms with van der Waals surface area (Å²) in [6.45, 7) is 0.907. The molecule has 6 nitrogen and oxygen atoms in total. The van der Waals surface area contributed by atoms with Crippen molar-refractivity contribution in [2.45, 2.75) is 17.3 Å². The molecule has 0 atom stereocenters. The van der Waals surface area contributed by atoms with E-state index in [1.165, 1.54) is 17.6 Å². The van der Waals surface area contributed by atoms with Gasteiger partial charge in [-0.2, -0.15) is 5.10 Å². The van der Waals surface area contributed by atoms with Gasteiger partial charge in [0.2, 0.25) is 0 Å². The van der Waals surface area contributed by atoms with Crippen LogP contribution in [0.4, 0.5) is 17.1 Å². The third kappa shape index (κ3) is 4.18. The number of nitrogens with one attached hydrogen (secondary N) is 2. The summed E-state index contributed by atoms with van der Waals surface area (Å²) in [5.74, 6) is 0.642. The van der Waals surface area contributed by atoms with E-state index in [0.29, 0.717) is 5.56 Å². The molecule has 1 aliphatic heterocycles. The minimum absolute atomic E-state index is 0.116. The molecule has 1 aliphatic rings. The van der Waals surface area contributed by atoms with Gasteiger partial charge >= 0.3 is 0 Å². The number of para-hydroxylation sites is 3. The maximum Gasteiger partial charge on any atom is 0.255 e. The second-order valence-corrected chi connectivity index (χ2v) is 8.24. The Morgan fingerprint density at radius 2 is 1.77 bits per heavy atom. The number of aromatic nitrogens is 3. The number of carbonyl (C=O) groups excluding carboxylic acids is 1. The van der Waals surface area contributed by atoms with Gasteiger partial charge in [-0.05, 0) is 47.9 Å². The van der Waals surface area contributed by atoms with Crippen molar-refractivity contribution in [1.82, 2.24) is 15.2 Å². The zero-order valence-electron chi connectivity index (χ0n) is 16.8. The number of benzene rings is 3. The number of hydrogen-bond donors (Lipinski definition) is 2. The Labute approximate surface area is 184 Å². The van der Waals surface area contributed by atoms with Crippen LogP contribution in [0.5, 0.6) is 0 Å². The molecule has 0 fully saturated rings. The first-order valence-electron chi connectivity index (χ1n) is 10.1. The zero-order valence-corrected chi connectivity index (χ0v) is 17.6. The van der Waals surface area contributed by atoms with E-state index in [1.807, 2.05) is 42.5 Å². The molecule has 5 rings (SSSR count). The van der Waals surface area contributed by atoms with Crippen molar-refractivity contribution in [3.8, 4) is 0 Å². The Morgan fingerprint density at radius 1 is 1.00 bits per heavy atom. The van der Waals surface area contributed by atoms with Gasteiger partial charge in [0.15, 0.2) is 5.16 Å². The van der Waals surface area contributed by atoms with Gasteiger partial charge in [0.25, 0.3) is 5.91 Å². The highest BCUT2D eigenvalue weighted by Gasteiger charge is 2.22. The molecule has 31 heavy (non-hydrogen) atoms. The van der Waals surface area contributed by atoms with Gasteiger partial charge in [0.05, 0.1) is 11.4 Å². The van der Waals surface area contributed by atoms with Crippen LogP contribution in [0.15, 0.2) is 84.3 Å². The maximum atomic E-state index is 12.9. The van der Waals surface area contributed by atoms with E-state index in [-0.39, 0.29) is 5.91 Å². The maximum absolute atomic E-state index is 12.9. The van der Waals surface area contributed by atoms with Crippen LogP contribution in [0.2, 0.25) is 0 Å². The first-order chi connectivity index (χ1) is 15.3. The molecule has 0 radical (unpaired) electrons. The van der Waals surface area contributed by atoms with E-state index in [1.54, 1.807) is 11.8 Å². The van der Waals surface area contributed by atoms with Crippen molar-refractivity contribution < 1.29 is 4.79 Å². The molecule has 3 aromatic carbocycles. The fourth-order valence-electron chi connectivity index (χ4n) is 3.77. The Bertz CT molecular complexity index is 1190. The lowest BCUT2D eigenvalue weighted by Crippen LogP contribution is -2.18. The number of rotatable bonds is 6. The molecule has 1 amide bonds. The molecule has 0 spiro atoms. The lowest BCUT2D eigenvalue weighted by molar-refractivity contribution is 0.102. The quantitative estimate of drug-likeness (QED) is 0.422. The lowest BCUT2D eigenvalue weighted by Gasteiger charge is -2.23. The van der Waals surface area contributed by atoms with Crippen LogP contribution < -0.4 is 10.2 Å². The highest BCUT2D eigenvalue weighted by Crippen LogP contribution is 2.38. The number of fused-ring (bicyclic) bond motifs is 1. The van der Waals surface area contributed by atoms with Crippen molar-refractivity contribution >= 4 is 34.7 Å². The first kappa shape index (κ1) is 19.4. The number of hydrogen-bond acceptors (Lipinski definition) is 5. The average Bonchev–Trinajstić information content (AvgIpc) is 3.48. The predicted octanol–water partition coefficient (Wildman–Crippen LogP) is 5.04. The fraction of sp³-hybridized carbons (Fsp3) is 0.125. The minimum Gasteiger partial charge on any atom is -0.339 e. The second kappa shape index (κ2) is 8.65. The van der Waals surface area contributed by atoms with Crippen molar-refractivity contribution in [2.24, 2.45) is 0 Å². The van der Waals surface area contributed by atoms with Gasteiger partial charge in [0, 0.05) is 23.5 Å². The summed E-state index contributed by atoms with van der Waals surface area (Å²) in [7, 11) is 0. The van der Waals surface area contributed by atoms with E-state index < -0.39 is 0 Å². The predicted molar refractivity (Wildman–Crippen MR) is 124 cm³/mol. The Morgan fingerprint density at radius 3 is 2.58 bits per heavy atom. The number of aromatic amines is 1. The fourth-order valence-corrected chi connectivity index (χ4v) is 4.50. The van der Waals surface area contributed by atoms with Crippen LogP contribution in [-0.2, 0) is 12.2 Å². The van der Waals surface area contributed by atoms with Crippen LogP contribution in [0.3, 0.4) is 0 Å². The van der Waals surface area contributed by atoms with Crippen molar-refractivity contribution in [1.29, 1.82) is 0 Å². The number of amides is 1. The highest BCUT2D eigenvalue weighted by atomic mass is 32.2. The molecular formula is C24H21N5OS. The van der Waals surface area contributed by atoms with Gasteiger partial charge in [-0.1, -0.05) is 54.2 Å². The highest BCUT2D eigenvalue weighted by molar-refractivity contribution is 7.98. The zero-order chi connectivity index (χ0) is 21.0. The van der Waals surface area contributed by atoms with Gasteiger partial charge in [0.1, 0.15) is 6.33 Å². The molecule has 154 valence electrons. The van der Waals surface area contributed by atoms with Gasteiger partial charge < -0.3 is 10.2 Å². The number of nitrogens with zero attached hydrogens (tertiary/aromatic N) is 3. The van der Waals surface area contributed by atoms with E-state index in [2.05, 4.69) is 55.7 Å². The molecule has 0 bridgehead atoms.